The molecule has 0 amide bonds. The van der Waals surface area contributed by atoms with Gasteiger partial charge in [0.2, 0.25) is 0 Å². The summed E-state index contributed by atoms with van der Waals surface area (Å²) >= 11 is 0. The van der Waals surface area contributed by atoms with Crippen LogP contribution in [0.5, 0.6) is 0 Å². The highest BCUT2D eigenvalue weighted by atomic mass is 16.3. The SMILES string of the molecule is CC(C)C(CNCC1CCCCC1O)c1ccccc1. The fourth-order valence-corrected chi connectivity index (χ4v) is 3.29. The average Bonchev–Trinajstić information content (AvgIpc) is 2.46. The fourth-order valence-electron chi connectivity index (χ4n) is 3.29. The lowest BCUT2D eigenvalue weighted by Gasteiger charge is -2.29. The molecule has 1 aromatic carbocycles. The molecule has 2 rings (SSSR count). The van der Waals surface area contributed by atoms with Gasteiger partial charge in [0.15, 0.2) is 0 Å². The molecule has 1 aromatic rings. The maximum Gasteiger partial charge on any atom is 0.0580 e. The van der Waals surface area contributed by atoms with E-state index in [1.165, 1.54) is 24.8 Å². The van der Waals surface area contributed by atoms with Crippen LogP contribution in [0.4, 0.5) is 0 Å². The molecule has 0 saturated heterocycles. The van der Waals surface area contributed by atoms with E-state index >= 15 is 0 Å². The number of nitrogens with one attached hydrogen (secondary N) is 1. The van der Waals surface area contributed by atoms with Crippen molar-refractivity contribution in [2.75, 3.05) is 13.1 Å². The summed E-state index contributed by atoms with van der Waals surface area (Å²) < 4.78 is 0. The summed E-state index contributed by atoms with van der Waals surface area (Å²) in [5.41, 5.74) is 1.42. The lowest BCUT2D eigenvalue weighted by molar-refractivity contribution is 0.0693. The quantitative estimate of drug-likeness (QED) is 0.832. The smallest absolute Gasteiger partial charge is 0.0580 e. The van der Waals surface area contributed by atoms with Gasteiger partial charge in [-0.3, -0.25) is 0 Å². The summed E-state index contributed by atoms with van der Waals surface area (Å²) in [6.07, 6.45) is 4.53. The van der Waals surface area contributed by atoms with E-state index in [1.807, 2.05) is 0 Å². The van der Waals surface area contributed by atoms with Gasteiger partial charge < -0.3 is 10.4 Å². The maximum absolute atomic E-state index is 10.0. The second-order valence-corrected chi connectivity index (χ2v) is 6.53. The zero-order chi connectivity index (χ0) is 14.4. The molecule has 1 saturated carbocycles. The van der Waals surface area contributed by atoms with Gasteiger partial charge in [-0.25, -0.2) is 0 Å². The van der Waals surface area contributed by atoms with Crippen molar-refractivity contribution in [2.24, 2.45) is 11.8 Å². The Morgan fingerprint density at radius 3 is 2.50 bits per heavy atom. The summed E-state index contributed by atoms with van der Waals surface area (Å²) in [7, 11) is 0. The molecule has 1 fully saturated rings. The van der Waals surface area contributed by atoms with Gasteiger partial charge in [0.05, 0.1) is 6.10 Å². The normalized spacial score (nSPS) is 24.8. The Labute approximate surface area is 123 Å². The van der Waals surface area contributed by atoms with Crippen LogP contribution in [0.2, 0.25) is 0 Å². The van der Waals surface area contributed by atoms with Crippen molar-refractivity contribution in [3.8, 4) is 0 Å². The number of benzene rings is 1. The molecule has 112 valence electrons. The molecule has 2 N–H and O–H groups in total. The summed E-state index contributed by atoms with van der Waals surface area (Å²) in [6.45, 7) is 6.53. The van der Waals surface area contributed by atoms with Crippen LogP contribution in [-0.4, -0.2) is 24.3 Å². The van der Waals surface area contributed by atoms with Crippen molar-refractivity contribution >= 4 is 0 Å². The highest BCUT2D eigenvalue weighted by molar-refractivity contribution is 5.20. The Bertz CT molecular complexity index is 376. The highest BCUT2D eigenvalue weighted by Crippen LogP contribution is 2.25. The number of hydrogen-bond donors (Lipinski definition) is 2. The maximum atomic E-state index is 10.0. The van der Waals surface area contributed by atoms with Crippen molar-refractivity contribution in [2.45, 2.75) is 51.6 Å². The minimum Gasteiger partial charge on any atom is -0.393 e. The Balaban J connectivity index is 1.84. The molecule has 20 heavy (non-hydrogen) atoms. The third kappa shape index (κ3) is 4.32. The first-order chi connectivity index (χ1) is 9.68. The van der Waals surface area contributed by atoms with Gasteiger partial charge in [-0.1, -0.05) is 57.0 Å². The van der Waals surface area contributed by atoms with Gasteiger partial charge >= 0.3 is 0 Å². The van der Waals surface area contributed by atoms with Crippen LogP contribution in [0, 0.1) is 11.8 Å². The predicted molar refractivity (Wildman–Crippen MR) is 84.9 cm³/mol. The van der Waals surface area contributed by atoms with Gasteiger partial charge in [0.25, 0.3) is 0 Å². The van der Waals surface area contributed by atoms with Crippen LogP contribution in [-0.2, 0) is 0 Å². The largest absolute Gasteiger partial charge is 0.393 e. The molecule has 1 aliphatic carbocycles. The topological polar surface area (TPSA) is 32.3 Å². The van der Waals surface area contributed by atoms with Gasteiger partial charge in [0, 0.05) is 13.1 Å². The number of rotatable bonds is 6. The Morgan fingerprint density at radius 2 is 1.85 bits per heavy atom. The number of aliphatic hydroxyl groups excluding tert-OH is 1. The molecule has 0 spiro atoms. The molecule has 3 atom stereocenters. The van der Waals surface area contributed by atoms with Gasteiger partial charge in [-0.15, -0.1) is 0 Å². The summed E-state index contributed by atoms with van der Waals surface area (Å²) in [4.78, 5) is 0. The predicted octanol–water partition coefficient (Wildman–Crippen LogP) is 3.57. The second-order valence-electron chi connectivity index (χ2n) is 6.53. The molecule has 0 bridgehead atoms. The summed E-state index contributed by atoms with van der Waals surface area (Å²) in [5, 5.41) is 13.6. The average molecular weight is 275 g/mol. The van der Waals surface area contributed by atoms with Crippen LogP contribution in [0.1, 0.15) is 51.0 Å². The van der Waals surface area contributed by atoms with Crippen molar-refractivity contribution in [1.82, 2.24) is 5.32 Å². The Kier molecular flexibility index (Phi) is 6.06. The molecule has 0 aromatic heterocycles. The first-order valence-corrected chi connectivity index (χ1v) is 8.12. The second kappa shape index (κ2) is 7.80. The summed E-state index contributed by atoms with van der Waals surface area (Å²) in [5.74, 6) is 1.63. The molecular formula is C18H29NO. The Hall–Kier alpha value is -0.860. The van der Waals surface area contributed by atoms with Crippen LogP contribution in [0.25, 0.3) is 0 Å². The van der Waals surface area contributed by atoms with Crippen molar-refractivity contribution in [3.05, 3.63) is 35.9 Å². The van der Waals surface area contributed by atoms with Crippen molar-refractivity contribution in [1.29, 1.82) is 0 Å². The van der Waals surface area contributed by atoms with E-state index in [4.69, 9.17) is 0 Å². The third-order valence-electron chi connectivity index (χ3n) is 4.67. The van der Waals surface area contributed by atoms with E-state index in [0.717, 1.165) is 19.5 Å². The zero-order valence-electron chi connectivity index (χ0n) is 12.9. The van der Waals surface area contributed by atoms with E-state index in [-0.39, 0.29) is 6.10 Å². The first-order valence-electron chi connectivity index (χ1n) is 8.12. The van der Waals surface area contributed by atoms with Crippen molar-refractivity contribution in [3.63, 3.8) is 0 Å². The third-order valence-corrected chi connectivity index (χ3v) is 4.67. The molecule has 1 aliphatic rings. The molecular weight excluding hydrogens is 246 g/mol. The van der Waals surface area contributed by atoms with Crippen LogP contribution < -0.4 is 5.32 Å². The van der Waals surface area contributed by atoms with E-state index < -0.39 is 0 Å². The van der Waals surface area contributed by atoms with Gasteiger partial charge in [0.1, 0.15) is 0 Å². The minimum atomic E-state index is -0.0922. The highest BCUT2D eigenvalue weighted by Gasteiger charge is 2.23. The van der Waals surface area contributed by atoms with Crippen LogP contribution in [0.3, 0.4) is 0 Å². The van der Waals surface area contributed by atoms with Gasteiger partial charge in [-0.2, -0.15) is 0 Å². The number of hydrogen-bond acceptors (Lipinski definition) is 2. The van der Waals surface area contributed by atoms with Crippen LogP contribution in [0.15, 0.2) is 30.3 Å². The lowest BCUT2D eigenvalue weighted by Crippen LogP contribution is -2.36. The molecule has 3 unspecified atom stereocenters. The Morgan fingerprint density at radius 1 is 1.15 bits per heavy atom. The number of aliphatic hydroxyl groups is 1. The first kappa shape index (κ1) is 15.5. The van der Waals surface area contributed by atoms with E-state index in [0.29, 0.717) is 17.8 Å². The van der Waals surface area contributed by atoms with Crippen LogP contribution >= 0.6 is 0 Å². The van der Waals surface area contributed by atoms with Gasteiger partial charge in [-0.05, 0) is 36.2 Å². The monoisotopic (exact) mass is 275 g/mol. The summed E-state index contributed by atoms with van der Waals surface area (Å²) in [6, 6.07) is 10.8. The molecule has 0 heterocycles. The molecule has 0 aliphatic heterocycles. The minimum absolute atomic E-state index is 0.0922. The molecule has 2 nitrogen and oxygen atoms in total. The molecule has 0 radical (unpaired) electrons. The van der Waals surface area contributed by atoms with Crippen molar-refractivity contribution < 1.29 is 5.11 Å². The van der Waals surface area contributed by atoms with E-state index in [2.05, 4.69) is 49.5 Å². The van der Waals surface area contributed by atoms with E-state index in [1.54, 1.807) is 0 Å². The fraction of sp³-hybridized carbons (Fsp3) is 0.667. The van der Waals surface area contributed by atoms with E-state index in [9.17, 15) is 5.11 Å². The zero-order valence-corrected chi connectivity index (χ0v) is 12.9. The standard InChI is InChI=1S/C18H29NO/c1-14(2)17(15-8-4-3-5-9-15)13-19-12-16-10-6-7-11-18(16)20/h3-5,8-9,14,16-20H,6-7,10-13H2,1-2H3. The molecule has 2 heteroatoms. The lowest BCUT2D eigenvalue weighted by atomic mass is 9.85.